The van der Waals surface area contributed by atoms with Gasteiger partial charge in [-0.2, -0.15) is 0 Å². The van der Waals surface area contributed by atoms with Gasteiger partial charge in [0.15, 0.2) is 0 Å². The van der Waals surface area contributed by atoms with Crippen molar-refractivity contribution in [3.8, 4) is 11.5 Å². The van der Waals surface area contributed by atoms with Gasteiger partial charge in [-0.3, -0.25) is 9.29 Å². The smallest absolute Gasteiger partial charge is 0.409 e. The third kappa shape index (κ3) is 6.57. The lowest BCUT2D eigenvalue weighted by Gasteiger charge is -2.19. The molecule has 2 N–H and O–H groups in total. The van der Waals surface area contributed by atoms with E-state index in [1.807, 2.05) is 36.4 Å². The largest absolute Gasteiger partial charge is 0.489 e. The van der Waals surface area contributed by atoms with E-state index in [0.29, 0.717) is 22.2 Å². The molecule has 0 bridgehead atoms. The van der Waals surface area contributed by atoms with Crippen molar-refractivity contribution < 1.29 is 18.7 Å². The minimum absolute atomic E-state index is 0.0976. The van der Waals surface area contributed by atoms with Crippen LogP contribution in [0.4, 0.5) is 9.18 Å². The molecule has 3 aromatic rings. The zero-order chi connectivity index (χ0) is 27.4. The normalized spacial score (nSPS) is 17.6. The van der Waals surface area contributed by atoms with E-state index in [2.05, 4.69) is 17.0 Å². The Morgan fingerprint density at radius 1 is 1.00 bits per heavy atom. The summed E-state index contributed by atoms with van der Waals surface area (Å²) >= 11 is 12.9. The summed E-state index contributed by atoms with van der Waals surface area (Å²) in [7, 11) is 0. The Morgan fingerprint density at radius 3 is 2.51 bits per heavy atom. The molecule has 1 amide bonds. The van der Waals surface area contributed by atoms with Crippen molar-refractivity contribution in [2.45, 2.75) is 38.2 Å². The second kappa shape index (κ2) is 12.4. The first-order valence-electron chi connectivity index (χ1n) is 13.3. The highest BCUT2D eigenvalue weighted by Gasteiger charge is 2.25. The second-order valence-corrected chi connectivity index (χ2v) is 10.8. The van der Waals surface area contributed by atoms with Crippen molar-refractivity contribution in [1.29, 1.82) is 0 Å². The summed E-state index contributed by atoms with van der Waals surface area (Å²) in [6.45, 7) is 2.23. The standard InChI is InChI=1S/C31H31Cl2FN2O3/c32-22-7-11-27(29(33)18-22)28-4-1-3-21-17-24(39-31(35)37)10-12-26(21)30(28)20-5-8-23(9-6-20)38-25-13-16-36(19-25)15-2-14-34/h5-12,17-18,25H,1-4,13-16,19H2,(H2,35,37)/t25-/m0/s1. The number of fused-ring (bicyclic) bond motifs is 1. The van der Waals surface area contributed by atoms with Crippen molar-refractivity contribution in [3.63, 3.8) is 0 Å². The first-order valence-corrected chi connectivity index (χ1v) is 14.0. The number of likely N-dealkylation sites (tertiary alicyclic amines) is 1. The highest BCUT2D eigenvalue weighted by atomic mass is 35.5. The number of carbonyl (C=O) groups excluding carboxylic acids is 1. The van der Waals surface area contributed by atoms with Gasteiger partial charge in [-0.25, -0.2) is 4.79 Å². The summed E-state index contributed by atoms with van der Waals surface area (Å²) in [5.41, 5.74) is 11.6. The molecule has 1 fully saturated rings. The van der Waals surface area contributed by atoms with Gasteiger partial charge in [0.05, 0.1) is 6.67 Å². The van der Waals surface area contributed by atoms with Crippen molar-refractivity contribution in [1.82, 2.24) is 4.90 Å². The molecule has 204 valence electrons. The number of allylic oxidation sites excluding steroid dienone is 1. The molecular weight excluding hydrogens is 538 g/mol. The van der Waals surface area contributed by atoms with Crippen LogP contribution in [0.3, 0.4) is 0 Å². The molecule has 1 heterocycles. The number of aryl methyl sites for hydroxylation is 1. The zero-order valence-corrected chi connectivity index (χ0v) is 23.1. The summed E-state index contributed by atoms with van der Waals surface area (Å²) in [5, 5.41) is 1.19. The van der Waals surface area contributed by atoms with E-state index in [1.54, 1.807) is 12.1 Å². The number of rotatable bonds is 8. The lowest BCUT2D eigenvalue weighted by molar-refractivity contribution is 0.198. The maximum absolute atomic E-state index is 12.5. The van der Waals surface area contributed by atoms with Crippen LogP contribution < -0.4 is 15.2 Å². The minimum atomic E-state index is -0.837. The summed E-state index contributed by atoms with van der Waals surface area (Å²) in [5.74, 6) is 1.23. The summed E-state index contributed by atoms with van der Waals surface area (Å²) in [6.07, 6.45) is 3.27. The monoisotopic (exact) mass is 568 g/mol. The Hall–Kier alpha value is -3.06. The van der Waals surface area contributed by atoms with Crippen LogP contribution in [0.1, 0.15) is 47.9 Å². The van der Waals surface area contributed by atoms with Crippen LogP contribution >= 0.6 is 23.2 Å². The molecule has 5 rings (SSSR count). The van der Waals surface area contributed by atoms with Crippen molar-refractivity contribution in [2.75, 3.05) is 26.3 Å². The number of hydrogen-bond acceptors (Lipinski definition) is 4. The van der Waals surface area contributed by atoms with Gasteiger partial charge in [0.2, 0.25) is 0 Å². The average molecular weight is 570 g/mol. The number of alkyl halides is 1. The van der Waals surface area contributed by atoms with Gasteiger partial charge in [-0.05, 0) is 102 Å². The first-order chi connectivity index (χ1) is 18.9. The maximum atomic E-state index is 12.5. The number of nitrogens with two attached hydrogens (primary N) is 1. The van der Waals surface area contributed by atoms with E-state index in [1.165, 1.54) is 0 Å². The van der Waals surface area contributed by atoms with E-state index in [9.17, 15) is 9.18 Å². The molecule has 0 aromatic heterocycles. The Morgan fingerprint density at radius 2 is 1.77 bits per heavy atom. The predicted octanol–water partition coefficient (Wildman–Crippen LogP) is 7.56. The lowest BCUT2D eigenvalue weighted by Crippen LogP contribution is -2.26. The van der Waals surface area contributed by atoms with Crippen LogP contribution in [0.15, 0.2) is 60.7 Å². The predicted molar refractivity (Wildman–Crippen MR) is 154 cm³/mol. The fourth-order valence-corrected chi connectivity index (χ4v) is 6.07. The van der Waals surface area contributed by atoms with Gasteiger partial charge in [-0.15, -0.1) is 0 Å². The van der Waals surface area contributed by atoms with Gasteiger partial charge in [0.25, 0.3) is 0 Å². The molecule has 2 aliphatic rings. The number of halogens is 3. The van der Waals surface area contributed by atoms with Crippen molar-refractivity contribution >= 4 is 40.4 Å². The number of amides is 1. The Kier molecular flexibility index (Phi) is 8.75. The second-order valence-electron chi connectivity index (χ2n) is 9.97. The number of benzene rings is 3. The molecule has 0 radical (unpaired) electrons. The van der Waals surface area contributed by atoms with Gasteiger partial charge < -0.3 is 15.2 Å². The fourth-order valence-electron chi connectivity index (χ4n) is 5.55. The molecule has 8 heteroatoms. The molecule has 39 heavy (non-hydrogen) atoms. The van der Waals surface area contributed by atoms with Crippen molar-refractivity contribution in [3.05, 3.63) is 93.0 Å². The Balaban J connectivity index is 1.50. The molecule has 5 nitrogen and oxygen atoms in total. The summed E-state index contributed by atoms with van der Waals surface area (Å²) < 4.78 is 24.0. The van der Waals surface area contributed by atoms with Crippen LogP contribution in [0.25, 0.3) is 11.1 Å². The fraction of sp³-hybridized carbons (Fsp3) is 0.323. The minimum Gasteiger partial charge on any atom is -0.489 e. The summed E-state index contributed by atoms with van der Waals surface area (Å²) in [4.78, 5) is 13.6. The molecular formula is C31H31Cl2FN2O3. The quantitative estimate of drug-likeness (QED) is 0.304. The summed E-state index contributed by atoms with van der Waals surface area (Å²) in [6, 6.07) is 19.4. The third-order valence-corrected chi connectivity index (χ3v) is 7.83. The zero-order valence-electron chi connectivity index (χ0n) is 21.6. The van der Waals surface area contributed by atoms with Crippen LogP contribution in [0.5, 0.6) is 11.5 Å². The van der Waals surface area contributed by atoms with E-state index in [0.717, 1.165) is 84.5 Å². The lowest BCUT2D eigenvalue weighted by atomic mass is 9.87. The Bertz CT molecular complexity index is 1380. The molecule has 1 saturated heterocycles. The number of nitrogens with zero attached hydrogens (tertiary/aromatic N) is 1. The van der Waals surface area contributed by atoms with Gasteiger partial charge in [0, 0.05) is 29.7 Å². The van der Waals surface area contributed by atoms with Gasteiger partial charge in [0.1, 0.15) is 17.6 Å². The molecule has 0 unspecified atom stereocenters. The SMILES string of the molecule is NC(=O)Oc1ccc2c(c1)CCCC(c1ccc(Cl)cc1Cl)=C2c1ccc(O[C@H]2CCN(CCCF)C2)cc1. The Labute approximate surface area is 238 Å². The third-order valence-electron chi connectivity index (χ3n) is 7.28. The highest BCUT2D eigenvalue weighted by molar-refractivity contribution is 6.36. The molecule has 1 aliphatic heterocycles. The maximum Gasteiger partial charge on any atom is 0.409 e. The van der Waals surface area contributed by atoms with E-state index in [4.69, 9.17) is 38.4 Å². The van der Waals surface area contributed by atoms with E-state index >= 15 is 0 Å². The van der Waals surface area contributed by atoms with Gasteiger partial charge >= 0.3 is 6.09 Å². The topological polar surface area (TPSA) is 64.8 Å². The van der Waals surface area contributed by atoms with Gasteiger partial charge in [-0.1, -0.05) is 47.5 Å². The van der Waals surface area contributed by atoms with E-state index < -0.39 is 6.09 Å². The van der Waals surface area contributed by atoms with Crippen LogP contribution in [-0.4, -0.2) is 43.4 Å². The van der Waals surface area contributed by atoms with Crippen LogP contribution in [0, 0.1) is 0 Å². The number of primary amides is 1. The molecule has 1 aliphatic carbocycles. The molecule has 0 saturated carbocycles. The number of ether oxygens (including phenoxy) is 2. The average Bonchev–Trinajstić information content (AvgIpc) is 3.27. The van der Waals surface area contributed by atoms with Crippen molar-refractivity contribution in [2.24, 2.45) is 5.73 Å². The van der Waals surface area contributed by atoms with E-state index in [-0.39, 0.29) is 12.8 Å². The first kappa shape index (κ1) is 27.5. The van der Waals surface area contributed by atoms with Crippen LogP contribution in [-0.2, 0) is 6.42 Å². The molecule has 1 atom stereocenters. The molecule has 0 spiro atoms. The van der Waals surface area contributed by atoms with Crippen LogP contribution in [0.2, 0.25) is 10.0 Å². The molecule has 3 aromatic carbocycles. The highest BCUT2D eigenvalue weighted by Crippen LogP contribution is 2.43. The number of carbonyl (C=O) groups is 1. The number of hydrogen-bond donors (Lipinski definition) is 1.